The molecule has 270 valence electrons. The minimum Gasteiger partial charge on any atom is -0.310 e. The lowest BCUT2D eigenvalue weighted by atomic mass is 9.88. The van der Waals surface area contributed by atoms with Gasteiger partial charge in [-0.25, -0.2) is 0 Å². The summed E-state index contributed by atoms with van der Waals surface area (Å²) < 4.78 is 0. The second-order valence-electron chi connectivity index (χ2n) is 17.3. The van der Waals surface area contributed by atoms with E-state index in [1.165, 1.54) is 99.1 Å². The first-order valence-electron chi connectivity index (χ1n) is 19.4. The Bertz CT molecular complexity index is 2470. The monoisotopic (exact) mass is 736 g/mol. The molecule has 8 aromatic rings. The van der Waals surface area contributed by atoms with Gasteiger partial charge >= 0.3 is 0 Å². The molecule has 8 rings (SSSR count). The second-order valence-corrected chi connectivity index (χ2v) is 27.5. The molecule has 0 bridgehead atoms. The van der Waals surface area contributed by atoms with Crippen molar-refractivity contribution < 1.29 is 0 Å². The van der Waals surface area contributed by atoms with Crippen molar-refractivity contribution in [1.29, 1.82) is 0 Å². The highest BCUT2D eigenvalue weighted by Crippen LogP contribution is 2.49. The number of anilines is 6. The van der Waals surface area contributed by atoms with Crippen molar-refractivity contribution in [2.45, 2.75) is 67.0 Å². The highest BCUT2D eigenvalue weighted by Gasteiger charge is 2.26. The first kappa shape index (κ1) is 35.8. The zero-order valence-corrected chi connectivity index (χ0v) is 35.6. The summed E-state index contributed by atoms with van der Waals surface area (Å²) in [7, 11) is -2.93. The number of para-hydroxylation sites is 2. The van der Waals surface area contributed by atoms with Crippen LogP contribution in [0.4, 0.5) is 34.1 Å². The molecule has 0 spiro atoms. The van der Waals surface area contributed by atoms with Gasteiger partial charge in [-0.2, -0.15) is 0 Å². The quantitative estimate of drug-likeness (QED) is 0.113. The molecular weight excluding hydrogens is 685 g/mol. The number of hydrogen-bond acceptors (Lipinski definition) is 2. The molecule has 0 unspecified atom stereocenters. The number of nitrogens with zero attached hydrogens (tertiary/aromatic N) is 2. The van der Waals surface area contributed by atoms with Gasteiger partial charge in [0.15, 0.2) is 0 Å². The van der Waals surface area contributed by atoms with Crippen LogP contribution in [0, 0.1) is 27.7 Å². The molecule has 8 aromatic carbocycles. The largest absolute Gasteiger partial charge is 0.310 e. The maximum atomic E-state index is 2.50. The summed E-state index contributed by atoms with van der Waals surface area (Å²) in [6, 6.07) is 50.7. The van der Waals surface area contributed by atoms with Crippen LogP contribution >= 0.6 is 0 Å². The molecule has 0 atom stereocenters. The molecule has 0 aliphatic heterocycles. The van der Waals surface area contributed by atoms with E-state index in [9.17, 15) is 0 Å². The Morgan fingerprint density at radius 3 is 1.00 bits per heavy atom. The molecule has 4 heteroatoms. The Balaban J connectivity index is 1.43. The van der Waals surface area contributed by atoms with Gasteiger partial charge in [0.1, 0.15) is 0 Å². The fourth-order valence-corrected chi connectivity index (χ4v) is 10.7. The standard InChI is InChI=1S/C50H52N2Si2/c1-33-15-11-13-17-45(33)51(37-19-23-39(24-20-37)53(5,6)7)47-31-35(3)41-28-30-44-48(32-36(4)42-27-29-43(47)49(41)50(42)44)52(46-18-14-12-16-34(46)2)38-21-25-40(26-22-38)54(8,9)10/h11-32H,1-10H3. The van der Waals surface area contributed by atoms with E-state index in [-0.39, 0.29) is 0 Å². The van der Waals surface area contributed by atoms with Crippen LogP contribution in [0.2, 0.25) is 39.3 Å². The van der Waals surface area contributed by atoms with Crippen molar-refractivity contribution in [3.8, 4) is 0 Å². The first-order valence-corrected chi connectivity index (χ1v) is 26.4. The number of benzene rings is 8. The summed E-state index contributed by atoms with van der Waals surface area (Å²) in [5.41, 5.74) is 12.3. The fourth-order valence-electron chi connectivity index (χ4n) is 8.34. The molecule has 0 radical (unpaired) electrons. The van der Waals surface area contributed by atoms with Crippen molar-refractivity contribution in [1.82, 2.24) is 0 Å². The number of rotatable bonds is 8. The molecule has 0 N–H and O–H groups in total. The van der Waals surface area contributed by atoms with E-state index in [1.54, 1.807) is 0 Å². The molecule has 54 heavy (non-hydrogen) atoms. The van der Waals surface area contributed by atoms with Crippen LogP contribution in [-0.4, -0.2) is 16.1 Å². The van der Waals surface area contributed by atoms with E-state index < -0.39 is 16.1 Å². The van der Waals surface area contributed by atoms with E-state index in [2.05, 4.69) is 210 Å². The third kappa shape index (κ3) is 6.12. The van der Waals surface area contributed by atoms with Gasteiger partial charge in [-0.15, -0.1) is 0 Å². The minimum atomic E-state index is -1.46. The number of aryl methyl sites for hydroxylation is 4. The zero-order chi connectivity index (χ0) is 38.1. The lowest BCUT2D eigenvalue weighted by molar-refractivity contribution is 1.26. The van der Waals surface area contributed by atoms with Crippen LogP contribution in [0.5, 0.6) is 0 Å². The van der Waals surface area contributed by atoms with Gasteiger partial charge in [-0.05, 0) is 120 Å². The first-order chi connectivity index (χ1) is 25.7. The van der Waals surface area contributed by atoms with Crippen LogP contribution in [0.25, 0.3) is 32.3 Å². The molecule has 0 aliphatic rings. The van der Waals surface area contributed by atoms with Gasteiger partial charge in [0.2, 0.25) is 0 Å². The van der Waals surface area contributed by atoms with E-state index in [0.29, 0.717) is 0 Å². The highest BCUT2D eigenvalue weighted by atomic mass is 28.3. The Morgan fingerprint density at radius 1 is 0.333 bits per heavy atom. The molecule has 0 saturated carbocycles. The third-order valence-electron chi connectivity index (χ3n) is 11.4. The SMILES string of the molecule is Cc1ccccc1N(c1ccc([Si](C)(C)C)cc1)c1cc(C)c2ccc3c(N(c4ccc([Si](C)(C)C)cc4)c4ccccc4C)cc(C)c4ccc1c2c43. The minimum absolute atomic E-state index is 1.19. The van der Waals surface area contributed by atoms with Crippen LogP contribution in [0.1, 0.15) is 22.3 Å². The van der Waals surface area contributed by atoms with Gasteiger partial charge in [0, 0.05) is 33.5 Å². The lowest BCUT2D eigenvalue weighted by Crippen LogP contribution is -2.37. The smallest absolute Gasteiger partial charge is 0.0775 e. The van der Waals surface area contributed by atoms with Crippen molar-refractivity contribution in [3.05, 3.63) is 156 Å². The van der Waals surface area contributed by atoms with E-state index >= 15 is 0 Å². The summed E-state index contributed by atoms with van der Waals surface area (Å²) in [5.74, 6) is 0. The summed E-state index contributed by atoms with van der Waals surface area (Å²) in [6.07, 6.45) is 0. The molecule has 0 amide bonds. The summed E-state index contributed by atoms with van der Waals surface area (Å²) >= 11 is 0. The van der Waals surface area contributed by atoms with Gasteiger partial charge in [0.25, 0.3) is 0 Å². The average Bonchev–Trinajstić information content (AvgIpc) is 3.14. The van der Waals surface area contributed by atoms with Crippen LogP contribution < -0.4 is 20.2 Å². The molecule has 0 saturated heterocycles. The Kier molecular flexibility index (Phi) is 8.82. The summed E-state index contributed by atoms with van der Waals surface area (Å²) in [4.78, 5) is 4.99. The van der Waals surface area contributed by atoms with Gasteiger partial charge in [-0.1, -0.05) is 135 Å². The van der Waals surface area contributed by atoms with Crippen LogP contribution in [-0.2, 0) is 0 Å². The molecule has 0 heterocycles. The van der Waals surface area contributed by atoms with Gasteiger partial charge in [-0.3, -0.25) is 0 Å². The third-order valence-corrected chi connectivity index (χ3v) is 15.6. The van der Waals surface area contributed by atoms with Crippen molar-refractivity contribution >= 4 is 93.0 Å². The Labute approximate surface area is 324 Å². The van der Waals surface area contributed by atoms with Gasteiger partial charge in [0.05, 0.1) is 27.5 Å². The average molecular weight is 737 g/mol. The lowest BCUT2D eigenvalue weighted by Gasteiger charge is -2.32. The van der Waals surface area contributed by atoms with E-state index in [1.807, 2.05) is 0 Å². The Morgan fingerprint density at radius 2 is 0.667 bits per heavy atom. The summed E-state index contributed by atoms with van der Waals surface area (Å²) in [6.45, 7) is 23.6. The topological polar surface area (TPSA) is 6.48 Å². The Hall–Kier alpha value is -5.17. The molecule has 0 aromatic heterocycles. The normalized spacial score (nSPS) is 12.3. The number of hydrogen-bond donors (Lipinski definition) is 0. The predicted octanol–water partition coefficient (Wildman–Crippen LogP) is 13.8. The predicted molar refractivity (Wildman–Crippen MR) is 244 cm³/mol. The molecule has 0 aliphatic carbocycles. The van der Waals surface area contributed by atoms with Crippen molar-refractivity contribution in [2.75, 3.05) is 9.80 Å². The highest BCUT2D eigenvalue weighted by molar-refractivity contribution is 6.89. The maximum Gasteiger partial charge on any atom is 0.0775 e. The summed E-state index contributed by atoms with van der Waals surface area (Å²) in [5, 5.41) is 10.8. The van der Waals surface area contributed by atoms with Crippen molar-refractivity contribution in [3.63, 3.8) is 0 Å². The second kappa shape index (κ2) is 13.3. The van der Waals surface area contributed by atoms with Crippen LogP contribution in [0.15, 0.2) is 133 Å². The molecule has 2 nitrogen and oxygen atoms in total. The van der Waals surface area contributed by atoms with E-state index in [4.69, 9.17) is 0 Å². The van der Waals surface area contributed by atoms with Gasteiger partial charge < -0.3 is 9.80 Å². The van der Waals surface area contributed by atoms with Crippen molar-refractivity contribution in [2.24, 2.45) is 0 Å². The van der Waals surface area contributed by atoms with Crippen LogP contribution in [0.3, 0.4) is 0 Å². The molecular formula is C50H52N2Si2. The molecule has 0 fully saturated rings. The fraction of sp³-hybridized carbons (Fsp3) is 0.200. The zero-order valence-electron chi connectivity index (χ0n) is 33.6. The van der Waals surface area contributed by atoms with E-state index in [0.717, 1.165) is 0 Å². The maximum absolute atomic E-state index is 2.50.